The SMILES string of the molecule is COCCNC(=O)c1cc(NC(=O)Nc2cccc(Cl)c2Cl)ccc1N(C)C. The highest BCUT2D eigenvalue weighted by atomic mass is 35.5. The number of halogens is 2. The van der Waals surface area contributed by atoms with E-state index < -0.39 is 6.03 Å². The fraction of sp³-hybridized carbons (Fsp3) is 0.263. The molecule has 7 nitrogen and oxygen atoms in total. The highest BCUT2D eigenvalue weighted by Gasteiger charge is 2.15. The van der Waals surface area contributed by atoms with Crippen LogP contribution in [0.3, 0.4) is 0 Å². The Hall–Kier alpha value is -2.48. The number of hydrogen-bond donors (Lipinski definition) is 3. The van der Waals surface area contributed by atoms with Gasteiger partial charge in [0.15, 0.2) is 0 Å². The van der Waals surface area contributed by atoms with Crippen molar-refractivity contribution in [2.75, 3.05) is 49.9 Å². The number of urea groups is 1. The number of methoxy groups -OCH3 is 1. The van der Waals surface area contributed by atoms with Crippen molar-refractivity contribution in [1.29, 1.82) is 0 Å². The van der Waals surface area contributed by atoms with E-state index in [1.165, 1.54) is 0 Å². The molecule has 2 aromatic rings. The van der Waals surface area contributed by atoms with Crippen molar-refractivity contribution in [2.24, 2.45) is 0 Å². The number of amides is 3. The maximum absolute atomic E-state index is 12.5. The van der Waals surface area contributed by atoms with E-state index >= 15 is 0 Å². The molecular formula is C19H22Cl2N4O3. The number of ether oxygens (including phenoxy) is 1. The minimum Gasteiger partial charge on any atom is -0.383 e. The molecule has 0 bridgehead atoms. The summed E-state index contributed by atoms with van der Waals surface area (Å²) >= 11 is 12.0. The zero-order valence-electron chi connectivity index (χ0n) is 15.8. The van der Waals surface area contributed by atoms with E-state index in [1.807, 2.05) is 19.0 Å². The fourth-order valence-corrected chi connectivity index (χ4v) is 2.78. The number of carbonyl (C=O) groups is 2. The van der Waals surface area contributed by atoms with Crippen molar-refractivity contribution in [1.82, 2.24) is 5.32 Å². The summed E-state index contributed by atoms with van der Waals surface area (Å²) < 4.78 is 4.95. The molecule has 28 heavy (non-hydrogen) atoms. The maximum Gasteiger partial charge on any atom is 0.323 e. The number of nitrogens with zero attached hydrogens (tertiary/aromatic N) is 1. The summed E-state index contributed by atoms with van der Waals surface area (Å²) in [6.45, 7) is 0.789. The Balaban J connectivity index is 2.16. The molecule has 2 rings (SSSR count). The van der Waals surface area contributed by atoms with Crippen LogP contribution in [0.4, 0.5) is 21.9 Å². The van der Waals surface area contributed by atoms with Gasteiger partial charge in [0, 0.05) is 39.1 Å². The van der Waals surface area contributed by atoms with Crippen LogP contribution in [0.15, 0.2) is 36.4 Å². The fourth-order valence-electron chi connectivity index (χ4n) is 2.43. The van der Waals surface area contributed by atoms with E-state index in [2.05, 4.69) is 16.0 Å². The van der Waals surface area contributed by atoms with Gasteiger partial charge in [0.25, 0.3) is 5.91 Å². The lowest BCUT2D eigenvalue weighted by atomic mass is 10.1. The molecule has 3 N–H and O–H groups in total. The summed E-state index contributed by atoms with van der Waals surface area (Å²) in [5.41, 5.74) is 1.99. The lowest BCUT2D eigenvalue weighted by Crippen LogP contribution is -2.29. The first-order valence-electron chi connectivity index (χ1n) is 8.44. The minimum absolute atomic E-state index is 0.250. The second-order valence-electron chi connectivity index (χ2n) is 6.06. The van der Waals surface area contributed by atoms with Crippen LogP contribution in [0.1, 0.15) is 10.4 Å². The Bertz CT molecular complexity index is 859. The lowest BCUT2D eigenvalue weighted by molar-refractivity contribution is 0.0937. The van der Waals surface area contributed by atoms with E-state index in [-0.39, 0.29) is 10.9 Å². The monoisotopic (exact) mass is 424 g/mol. The van der Waals surface area contributed by atoms with Crippen molar-refractivity contribution in [3.63, 3.8) is 0 Å². The average Bonchev–Trinajstić information content (AvgIpc) is 2.65. The van der Waals surface area contributed by atoms with E-state index in [0.717, 1.165) is 5.69 Å². The zero-order valence-corrected chi connectivity index (χ0v) is 17.3. The van der Waals surface area contributed by atoms with Crippen molar-refractivity contribution >= 4 is 52.2 Å². The van der Waals surface area contributed by atoms with Crippen LogP contribution < -0.4 is 20.9 Å². The van der Waals surface area contributed by atoms with Gasteiger partial charge in [-0.2, -0.15) is 0 Å². The first kappa shape index (κ1) is 21.8. The lowest BCUT2D eigenvalue weighted by Gasteiger charge is -2.18. The summed E-state index contributed by atoms with van der Waals surface area (Å²) in [6, 6.07) is 9.51. The second kappa shape index (κ2) is 10.2. The number of anilines is 3. The molecule has 0 saturated carbocycles. The number of rotatable bonds is 7. The molecular weight excluding hydrogens is 403 g/mol. The molecule has 0 aliphatic rings. The number of hydrogen-bond acceptors (Lipinski definition) is 4. The molecule has 0 aliphatic heterocycles. The zero-order chi connectivity index (χ0) is 20.7. The van der Waals surface area contributed by atoms with Gasteiger partial charge in [0.05, 0.1) is 27.9 Å². The quantitative estimate of drug-likeness (QED) is 0.584. The predicted molar refractivity (Wildman–Crippen MR) is 114 cm³/mol. The Morgan fingerprint density at radius 2 is 1.86 bits per heavy atom. The van der Waals surface area contributed by atoms with Crippen molar-refractivity contribution in [3.8, 4) is 0 Å². The largest absolute Gasteiger partial charge is 0.383 e. The third-order valence-electron chi connectivity index (χ3n) is 3.77. The van der Waals surface area contributed by atoms with Gasteiger partial charge in [-0.3, -0.25) is 4.79 Å². The Morgan fingerprint density at radius 3 is 2.54 bits per heavy atom. The molecule has 0 saturated heterocycles. The summed E-state index contributed by atoms with van der Waals surface area (Å²) in [5.74, 6) is -0.261. The third-order valence-corrected chi connectivity index (χ3v) is 4.59. The minimum atomic E-state index is -0.507. The van der Waals surface area contributed by atoms with Gasteiger partial charge >= 0.3 is 6.03 Å². The van der Waals surface area contributed by atoms with Crippen LogP contribution in [-0.4, -0.2) is 46.3 Å². The molecule has 9 heteroatoms. The molecule has 0 spiro atoms. The molecule has 0 heterocycles. The molecule has 0 atom stereocenters. The number of benzene rings is 2. The summed E-state index contributed by atoms with van der Waals surface area (Å²) in [5, 5.41) is 8.69. The van der Waals surface area contributed by atoms with Gasteiger partial charge in [-0.1, -0.05) is 29.3 Å². The maximum atomic E-state index is 12.5. The van der Waals surface area contributed by atoms with E-state index in [1.54, 1.807) is 43.5 Å². The molecule has 2 aromatic carbocycles. The molecule has 150 valence electrons. The van der Waals surface area contributed by atoms with E-state index in [4.69, 9.17) is 27.9 Å². The summed E-state index contributed by atoms with van der Waals surface area (Å²) in [7, 11) is 5.23. The molecule has 3 amide bonds. The smallest absolute Gasteiger partial charge is 0.323 e. The van der Waals surface area contributed by atoms with Crippen molar-refractivity contribution in [3.05, 3.63) is 52.0 Å². The average molecular weight is 425 g/mol. The number of carbonyl (C=O) groups excluding carboxylic acids is 2. The number of nitrogens with one attached hydrogen (secondary N) is 3. The molecule has 0 fully saturated rings. The topological polar surface area (TPSA) is 82.7 Å². The van der Waals surface area contributed by atoms with Gasteiger partial charge < -0.3 is 25.6 Å². The predicted octanol–water partition coefficient (Wildman–Crippen LogP) is 4.08. The van der Waals surface area contributed by atoms with E-state index in [0.29, 0.717) is 35.1 Å². The Labute approximate surface area is 173 Å². The summed E-state index contributed by atoms with van der Waals surface area (Å²) in [4.78, 5) is 26.6. The standard InChI is InChI=1S/C19H22Cl2N4O3/c1-25(2)16-8-7-12(11-13(16)18(26)22-9-10-28-3)23-19(27)24-15-6-4-5-14(20)17(15)21/h4-8,11H,9-10H2,1-3H3,(H,22,26)(H2,23,24,27). The second-order valence-corrected chi connectivity index (χ2v) is 6.84. The Morgan fingerprint density at radius 1 is 1.11 bits per heavy atom. The van der Waals surface area contributed by atoms with Crippen molar-refractivity contribution in [2.45, 2.75) is 0 Å². The van der Waals surface area contributed by atoms with Gasteiger partial charge in [0.2, 0.25) is 0 Å². The van der Waals surface area contributed by atoms with Crippen LogP contribution in [0, 0.1) is 0 Å². The molecule has 0 aliphatic carbocycles. The van der Waals surface area contributed by atoms with Gasteiger partial charge in [-0.05, 0) is 30.3 Å². The Kier molecular flexibility index (Phi) is 7.92. The van der Waals surface area contributed by atoms with Crippen LogP contribution in [0.25, 0.3) is 0 Å². The van der Waals surface area contributed by atoms with Gasteiger partial charge in [-0.15, -0.1) is 0 Å². The third kappa shape index (κ3) is 5.76. The van der Waals surface area contributed by atoms with Gasteiger partial charge in [-0.25, -0.2) is 4.79 Å². The summed E-state index contributed by atoms with van der Waals surface area (Å²) in [6.07, 6.45) is 0. The molecule has 0 unspecified atom stereocenters. The van der Waals surface area contributed by atoms with Crippen LogP contribution in [0.5, 0.6) is 0 Å². The van der Waals surface area contributed by atoms with Crippen LogP contribution in [0.2, 0.25) is 10.0 Å². The van der Waals surface area contributed by atoms with Crippen LogP contribution in [-0.2, 0) is 4.74 Å². The highest BCUT2D eigenvalue weighted by Crippen LogP contribution is 2.29. The normalized spacial score (nSPS) is 10.3. The first-order valence-corrected chi connectivity index (χ1v) is 9.19. The molecule has 0 aromatic heterocycles. The van der Waals surface area contributed by atoms with E-state index in [9.17, 15) is 9.59 Å². The van der Waals surface area contributed by atoms with Crippen molar-refractivity contribution < 1.29 is 14.3 Å². The van der Waals surface area contributed by atoms with Gasteiger partial charge in [0.1, 0.15) is 0 Å². The highest BCUT2D eigenvalue weighted by molar-refractivity contribution is 6.44. The molecule has 0 radical (unpaired) electrons. The van der Waals surface area contributed by atoms with Crippen LogP contribution >= 0.6 is 23.2 Å². The first-order chi connectivity index (χ1) is 13.3.